The van der Waals surface area contributed by atoms with E-state index in [0.29, 0.717) is 29.4 Å². The highest BCUT2D eigenvalue weighted by molar-refractivity contribution is 7.99. The number of benzene rings is 2. The maximum atomic E-state index is 12.9. The van der Waals surface area contributed by atoms with Crippen LogP contribution in [0.3, 0.4) is 0 Å². The molecule has 0 aliphatic rings. The van der Waals surface area contributed by atoms with Gasteiger partial charge in [0.25, 0.3) is 0 Å². The van der Waals surface area contributed by atoms with Gasteiger partial charge in [-0.25, -0.2) is 9.37 Å². The Morgan fingerprint density at radius 3 is 2.64 bits per heavy atom. The van der Waals surface area contributed by atoms with Crippen LogP contribution in [0, 0.1) is 5.82 Å². The van der Waals surface area contributed by atoms with Crippen molar-refractivity contribution in [3.63, 3.8) is 0 Å². The van der Waals surface area contributed by atoms with Gasteiger partial charge in [-0.05, 0) is 36.4 Å². The van der Waals surface area contributed by atoms with Crippen LogP contribution in [0.4, 0.5) is 4.39 Å². The summed E-state index contributed by atoms with van der Waals surface area (Å²) in [4.78, 5) is 17.0. The zero-order valence-corrected chi connectivity index (χ0v) is 14.2. The molecule has 0 fully saturated rings. The molecule has 0 spiro atoms. The summed E-state index contributed by atoms with van der Waals surface area (Å²) in [6.07, 6.45) is 1.84. The fourth-order valence-corrected chi connectivity index (χ4v) is 2.96. The molecule has 128 valence electrons. The molecule has 0 saturated carbocycles. The quantitative estimate of drug-likeness (QED) is 0.453. The molecule has 1 heterocycles. The van der Waals surface area contributed by atoms with Gasteiger partial charge in [-0.1, -0.05) is 18.2 Å². The zero-order valence-electron chi connectivity index (χ0n) is 13.4. The molecule has 0 saturated heterocycles. The first-order chi connectivity index (χ1) is 12.2. The smallest absolute Gasteiger partial charge is 0.307 e. The Labute approximate surface area is 149 Å². The molecule has 0 unspecified atom stereocenters. The molecule has 3 rings (SSSR count). The van der Waals surface area contributed by atoms with Crippen molar-refractivity contribution >= 4 is 17.7 Å². The fourth-order valence-electron chi connectivity index (χ4n) is 2.11. The molecular weight excluding hydrogens is 341 g/mol. The Morgan fingerprint density at radius 1 is 1.12 bits per heavy atom. The average molecular weight is 357 g/mol. The van der Waals surface area contributed by atoms with E-state index in [1.165, 1.54) is 18.3 Å². The van der Waals surface area contributed by atoms with E-state index in [9.17, 15) is 9.18 Å². The van der Waals surface area contributed by atoms with Gasteiger partial charge in [0.1, 0.15) is 5.82 Å². The highest BCUT2D eigenvalue weighted by Gasteiger charge is 2.10. The minimum absolute atomic E-state index is 0.0178. The SMILES string of the molecule is O=C(CCSc1ccccc1)OCc1ncc(-c2ccc(F)cc2)o1. The van der Waals surface area contributed by atoms with Crippen LogP contribution >= 0.6 is 11.8 Å². The van der Waals surface area contributed by atoms with Crippen LogP contribution in [0.1, 0.15) is 12.3 Å². The molecule has 6 heteroatoms. The molecule has 0 aliphatic heterocycles. The van der Waals surface area contributed by atoms with Crippen molar-refractivity contribution in [2.45, 2.75) is 17.9 Å². The highest BCUT2D eigenvalue weighted by Crippen LogP contribution is 2.21. The summed E-state index contributed by atoms with van der Waals surface area (Å²) in [5.74, 6) is 0.847. The molecule has 0 N–H and O–H groups in total. The van der Waals surface area contributed by atoms with E-state index in [4.69, 9.17) is 9.15 Å². The number of halogens is 1. The average Bonchev–Trinajstić information content (AvgIpc) is 3.10. The first kappa shape index (κ1) is 17.2. The molecule has 0 aliphatic carbocycles. The van der Waals surface area contributed by atoms with E-state index in [-0.39, 0.29) is 18.4 Å². The fraction of sp³-hybridized carbons (Fsp3) is 0.158. The van der Waals surface area contributed by atoms with E-state index >= 15 is 0 Å². The summed E-state index contributed by atoms with van der Waals surface area (Å²) < 4.78 is 23.6. The van der Waals surface area contributed by atoms with E-state index < -0.39 is 0 Å². The van der Waals surface area contributed by atoms with E-state index in [1.807, 2.05) is 30.3 Å². The first-order valence-corrected chi connectivity index (χ1v) is 8.73. The number of aromatic nitrogens is 1. The van der Waals surface area contributed by atoms with Gasteiger partial charge in [-0.15, -0.1) is 11.8 Å². The second kappa shape index (κ2) is 8.48. The predicted octanol–water partition coefficient (Wildman–Crippen LogP) is 4.71. The van der Waals surface area contributed by atoms with Crippen molar-refractivity contribution in [3.8, 4) is 11.3 Å². The second-order valence-electron chi connectivity index (χ2n) is 5.20. The van der Waals surface area contributed by atoms with E-state index in [1.54, 1.807) is 23.9 Å². The summed E-state index contributed by atoms with van der Waals surface area (Å²) in [6, 6.07) is 15.8. The summed E-state index contributed by atoms with van der Waals surface area (Å²) in [5, 5.41) is 0. The Hall–Kier alpha value is -2.60. The molecule has 4 nitrogen and oxygen atoms in total. The van der Waals surface area contributed by atoms with Crippen LogP contribution in [0.25, 0.3) is 11.3 Å². The molecule has 0 radical (unpaired) electrons. The van der Waals surface area contributed by atoms with Crippen LogP contribution in [-0.2, 0) is 16.1 Å². The predicted molar refractivity (Wildman–Crippen MR) is 93.5 cm³/mol. The van der Waals surface area contributed by atoms with Crippen LogP contribution in [0.15, 0.2) is 70.1 Å². The van der Waals surface area contributed by atoms with Crippen molar-refractivity contribution < 1.29 is 18.3 Å². The molecule has 2 aromatic carbocycles. The number of hydrogen-bond acceptors (Lipinski definition) is 5. The molecule has 1 aromatic heterocycles. The van der Waals surface area contributed by atoms with Gasteiger partial charge in [-0.2, -0.15) is 0 Å². The molecule has 25 heavy (non-hydrogen) atoms. The number of nitrogens with zero attached hydrogens (tertiary/aromatic N) is 1. The van der Waals surface area contributed by atoms with Crippen molar-refractivity contribution in [2.24, 2.45) is 0 Å². The number of rotatable bonds is 7. The van der Waals surface area contributed by atoms with Gasteiger partial charge in [-0.3, -0.25) is 4.79 Å². The molecular formula is C19H16FNO3S. The summed E-state index contributed by atoms with van der Waals surface area (Å²) in [5.41, 5.74) is 0.714. The lowest BCUT2D eigenvalue weighted by molar-refractivity contribution is -0.145. The third-order valence-corrected chi connectivity index (χ3v) is 4.37. The monoisotopic (exact) mass is 357 g/mol. The van der Waals surface area contributed by atoms with Crippen molar-refractivity contribution in [2.75, 3.05) is 5.75 Å². The van der Waals surface area contributed by atoms with E-state index in [0.717, 1.165) is 4.90 Å². The number of oxazole rings is 1. The van der Waals surface area contributed by atoms with Gasteiger partial charge >= 0.3 is 5.97 Å². The maximum absolute atomic E-state index is 12.9. The second-order valence-corrected chi connectivity index (χ2v) is 6.37. The van der Waals surface area contributed by atoms with E-state index in [2.05, 4.69) is 4.98 Å². The third kappa shape index (κ3) is 5.19. The van der Waals surface area contributed by atoms with Crippen molar-refractivity contribution in [1.82, 2.24) is 4.98 Å². The third-order valence-electron chi connectivity index (χ3n) is 3.36. The topological polar surface area (TPSA) is 52.3 Å². The maximum Gasteiger partial charge on any atom is 0.307 e. The lowest BCUT2D eigenvalue weighted by atomic mass is 10.2. The molecule has 0 bridgehead atoms. The minimum Gasteiger partial charge on any atom is -0.456 e. The van der Waals surface area contributed by atoms with Gasteiger partial charge in [0.15, 0.2) is 12.4 Å². The van der Waals surface area contributed by atoms with Crippen LogP contribution in [-0.4, -0.2) is 16.7 Å². The van der Waals surface area contributed by atoms with Crippen molar-refractivity contribution in [3.05, 3.63) is 72.5 Å². The first-order valence-electron chi connectivity index (χ1n) is 7.75. The van der Waals surface area contributed by atoms with Gasteiger partial charge < -0.3 is 9.15 Å². The van der Waals surface area contributed by atoms with Crippen molar-refractivity contribution in [1.29, 1.82) is 0 Å². The molecule has 0 amide bonds. The number of carbonyl (C=O) groups excluding carboxylic acids is 1. The summed E-state index contributed by atoms with van der Waals surface area (Å²) in [6.45, 7) is -0.0178. The normalized spacial score (nSPS) is 10.6. The largest absolute Gasteiger partial charge is 0.456 e. The molecule has 3 aromatic rings. The number of hydrogen-bond donors (Lipinski definition) is 0. The number of ether oxygens (including phenoxy) is 1. The van der Waals surface area contributed by atoms with Gasteiger partial charge in [0.2, 0.25) is 5.89 Å². The number of thioether (sulfide) groups is 1. The Bertz CT molecular complexity index is 818. The van der Waals surface area contributed by atoms with Crippen LogP contribution in [0.5, 0.6) is 0 Å². The molecule has 0 atom stereocenters. The Kier molecular flexibility index (Phi) is 5.85. The van der Waals surface area contributed by atoms with Crippen LogP contribution < -0.4 is 0 Å². The number of carbonyl (C=O) groups is 1. The summed E-state index contributed by atoms with van der Waals surface area (Å²) >= 11 is 1.60. The number of esters is 1. The van der Waals surface area contributed by atoms with Crippen LogP contribution in [0.2, 0.25) is 0 Å². The summed E-state index contributed by atoms with van der Waals surface area (Å²) in [7, 11) is 0. The van der Waals surface area contributed by atoms with Gasteiger partial charge in [0.05, 0.1) is 12.6 Å². The standard InChI is InChI=1S/C19H16FNO3S/c20-15-8-6-14(7-9-15)17-12-21-18(24-17)13-23-19(22)10-11-25-16-4-2-1-3-5-16/h1-9,12H,10-11,13H2. The lowest BCUT2D eigenvalue weighted by Crippen LogP contribution is -2.05. The zero-order chi connectivity index (χ0) is 17.5. The Morgan fingerprint density at radius 2 is 1.88 bits per heavy atom. The Balaban J connectivity index is 1.44. The lowest BCUT2D eigenvalue weighted by Gasteiger charge is -2.03. The van der Waals surface area contributed by atoms with Gasteiger partial charge in [0, 0.05) is 16.2 Å². The highest BCUT2D eigenvalue weighted by atomic mass is 32.2. The minimum atomic E-state index is -0.314.